The van der Waals surface area contributed by atoms with Crippen LogP contribution in [0.5, 0.6) is 0 Å². The molecule has 6 heteroatoms. The molecule has 1 aromatic heterocycles. The van der Waals surface area contributed by atoms with Gasteiger partial charge < -0.3 is 5.32 Å². The number of likely N-dealkylation sites (N-methyl/N-ethyl adjacent to an activating group) is 1. The van der Waals surface area contributed by atoms with Gasteiger partial charge in [-0.2, -0.15) is 18.3 Å². The molecule has 0 saturated carbocycles. The number of nitrogens with zero attached hydrogens (tertiary/aromatic N) is 2. The Labute approximate surface area is 73.5 Å². The predicted octanol–water partition coefficient (Wildman–Crippen LogP) is 1.12. The average Bonchev–Trinajstić information content (AvgIpc) is 2.47. The Balaban J connectivity index is 2.77. The largest absolute Gasteiger partial charge is 0.433 e. The van der Waals surface area contributed by atoms with Gasteiger partial charge in [0, 0.05) is 12.7 Å². The fourth-order valence-corrected chi connectivity index (χ4v) is 0.969. The second kappa shape index (κ2) is 3.78. The van der Waals surface area contributed by atoms with E-state index in [2.05, 4.69) is 10.4 Å². The summed E-state index contributed by atoms with van der Waals surface area (Å²) in [5, 5.41) is 6.33. The second-order valence-corrected chi connectivity index (χ2v) is 2.54. The highest BCUT2D eigenvalue weighted by Crippen LogP contribution is 2.28. The van der Waals surface area contributed by atoms with Crippen molar-refractivity contribution < 1.29 is 13.2 Å². The zero-order chi connectivity index (χ0) is 9.90. The van der Waals surface area contributed by atoms with Crippen LogP contribution in [-0.4, -0.2) is 23.4 Å². The van der Waals surface area contributed by atoms with E-state index in [1.807, 2.05) is 0 Å². The average molecular weight is 193 g/mol. The fraction of sp³-hybridized carbons (Fsp3) is 0.571. The van der Waals surface area contributed by atoms with Gasteiger partial charge in [-0.15, -0.1) is 0 Å². The van der Waals surface area contributed by atoms with E-state index in [-0.39, 0.29) is 6.54 Å². The van der Waals surface area contributed by atoms with Crippen molar-refractivity contribution in [2.24, 2.45) is 0 Å². The van der Waals surface area contributed by atoms with Crippen LogP contribution in [0.4, 0.5) is 13.2 Å². The van der Waals surface area contributed by atoms with Crippen LogP contribution in [0.2, 0.25) is 0 Å². The first-order valence-corrected chi connectivity index (χ1v) is 3.79. The summed E-state index contributed by atoms with van der Waals surface area (Å²) in [6.07, 6.45) is -3.16. The molecule has 0 radical (unpaired) electrons. The lowest BCUT2D eigenvalue weighted by atomic mass is 10.4. The minimum Gasteiger partial charge on any atom is -0.318 e. The van der Waals surface area contributed by atoms with Crippen molar-refractivity contribution in [2.45, 2.75) is 12.7 Å². The highest BCUT2D eigenvalue weighted by atomic mass is 19.4. The quantitative estimate of drug-likeness (QED) is 0.779. The fourth-order valence-electron chi connectivity index (χ4n) is 0.969. The van der Waals surface area contributed by atoms with E-state index in [0.717, 1.165) is 16.9 Å². The molecule has 0 aliphatic rings. The molecule has 3 nitrogen and oxygen atoms in total. The highest BCUT2D eigenvalue weighted by Gasteiger charge is 2.34. The lowest BCUT2D eigenvalue weighted by Gasteiger charge is -2.09. The van der Waals surface area contributed by atoms with E-state index in [9.17, 15) is 13.2 Å². The molecule has 1 rings (SSSR count). The molecule has 0 saturated heterocycles. The summed E-state index contributed by atoms with van der Waals surface area (Å²) < 4.78 is 37.6. The third-order valence-corrected chi connectivity index (χ3v) is 1.58. The first-order chi connectivity index (χ1) is 6.05. The van der Waals surface area contributed by atoms with Crippen LogP contribution >= 0.6 is 0 Å². The van der Waals surface area contributed by atoms with Gasteiger partial charge in [-0.05, 0) is 13.1 Å². The predicted molar refractivity (Wildman–Crippen MR) is 41.2 cm³/mol. The molecule has 0 unspecified atom stereocenters. The van der Waals surface area contributed by atoms with Gasteiger partial charge in [0.05, 0.1) is 6.54 Å². The van der Waals surface area contributed by atoms with Gasteiger partial charge in [-0.3, -0.25) is 4.68 Å². The maximum Gasteiger partial charge on any atom is 0.433 e. The topological polar surface area (TPSA) is 29.9 Å². The van der Waals surface area contributed by atoms with Crippen LogP contribution in [-0.2, 0) is 12.7 Å². The molecule has 1 aromatic rings. The molecule has 1 N–H and O–H groups in total. The molecule has 13 heavy (non-hydrogen) atoms. The number of rotatable bonds is 3. The van der Waals surface area contributed by atoms with Crippen LogP contribution in [0.3, 0.4) is 0 Å². The molecule has 0 atom stereocenters. The Hall–Kier alpha value is -1.04. The third-order valence-electron chi connectivity index (χ3n) is 1.58. The zero-order valence-electron chi connectivity index (χ0n) is 7.10. The Morgan fingerprint density at radius 3 is 2.77 bits per heavy atom. The SMILES string of the molecule is CNCCn1nccc1C(F)(F)F. The van der Waals surface area contributed by atoms with Crippen molar-refractivity contribution >= 4 is 0 Å². The van der Waals surface area contributed by atoms with E-state index < -0.39 is 11.9 Å². The van der Waals surface area contributed by atoms with Crippen molar-refractivity contribution in [3.63, 3.8) is 0 Å². The van der Waals surface area contributed by atoms with Crippen LogP contribution < -0.4 is 5.32 Å². The van der Waals surface area contributed by atoms with Crippen LogP contribution in [0.25, 0.3) is 0 Å². The van der Waals surface area contributed by atoms with Gasteiger partial charge in [0.2, 0.25) is 0 Å². The van der Waals surface area contributed by atoms with Crippen LogP contribution in [0, 0.1) is 0 Å². The summed E-state index contributed by atoms with van der Waals surface area (Å²) in [5.41, 5.74) is -0.706. The van der Waals surface area contributed by atoms with Crippen LogP contribution in [0.1, 0.15) is 5.69 Å². The Kier molecular flexibility index (Phi) is 2.92. The van der Waals surface area contributed by atoms with E-state index in [1.54, 1.807) is 7.05 Å². The number of aromatic nitrogens is 2. The molecule has 74 valence electrons. The maximum atomic E-state index is 12.2. The van der Waals surface area contributed by atoms with E-state index in [4.69, 9.17) is 0 Å². The summed E-state index contributed by atoms with van der Waals surface area (Å²) in [5.74, 6) is 0. The molecule has 0 amide bonds. The van der Waals surface area contributed by atoms with Gasteiger partial charge in [-0.25, -0.2) is 0 Å². The lowest BCUT2D eigenvalue weighted by Crippen LogP contribution is -2.20. The van der Waals surface area contributed by atoms with Crippen LogP contribution in [0.15, 0.2) is 12.3 Å². The minimum absolute atomic E-state index is 0.221. The highest BCUT2D eigenvalue weighted by molar-refractivity contribution is 5.04. The summed E-state index contributed by atoms with van der Waals surface area (Å²) in [6.45, 7) is 0.684. The minimum atomic E-state index is -4.32. The maximum absolute atomic E-state index is 12.2. The standard InChI is InChI=1S/C7H10F3N3/c1-11-4-5-13-6(2-3-12-13)7(8,9)10/h2-3,11H,4-5H2,1H3. The first kappa shape index (κ1) is 10.0. The lowest BCUT2D eigenvalue weighted by molar-refractivity contribution is -0.144. The van der Waals surface area contributed by atoms with Gasteiger partial charge in [-0.1, -0.05) is 0 Å². The Morgan fingerprint density at radius 2 is 2.23 bits per heavy atom. The van der Waals surface area contributed by atoms with Crippen molar-refractivity contribution in [1.29, 1.82) is 0 Å². The molecule has 0 fully saturated rings. The van der Waals surface area contributed by atoms with Gasteiger partial charge in [0.15, 0.2) is 0 Å². The molecule has 0 spiro atoms. The van der Waals surface area contributed by atoms with Gasteiger partial charge >= 0.3 is 6.18 Å². The smallest absolute Gasteiger partial charge is 0.318 e. The second-order valence-electron chi connectivity index (χ2n) is 2.54. The molecule has 0 aromatic carbocycles. The molecular formula is C7H10F3N3. The summed E-state index contributed by atoms with van der Waals surface area (Å²) >= 11 is 0. The molecule has 0 aliphatic carbocycles. The monoisotopic (exact) mass is 193 g/mol. The van der Waals surface area contributed by atoms with Crippen molar-refractivity contribution in [3.05, 3.63) is 18.0 Å². The normalized spacial score (nSPS) is 12.0. The molecular weight excluding hydrogens is 183 g/mol. The van der Waals surface area contributed by atoms with Gasteiger partial charge in [0.1, 0.15) is 5.69 Å². The van der Waals surface area contributed by atoms with E-state index in [0.29, 0.717) is 6.54 Å². The first-order valence-electron chi connectivity index (χ1n) is 3.79. The van der Waals surface area contributed by atoms with E-state index in [1.165, 1.54) is 0 Å². The summed E-state index contributed by atoms with van der Waals surface area (Å²) in [4.78, 5) is 0. The molecule has 0 bridgehead atoms. The third kappa shape index (κ3) is 2.45. The Morgan fingerprint density at radius 1 is 1.54 bits per heavy atom. The summed E-state index contributed by atoms with van der Waals surface area (Å²) in [6, 6.07) is 0.968. The molecule has 1 heterocycles. The van der Waals surface area contributed by atoms with Crippen molar-refractivity contribution in [1.82, 2.24) is 15.1 Å². The van der Waals surface area contributed by atoms with E-state index >= 15 is 0 Å². The number of hydrogen-bond acceptors (Lipinski definition) is 2. The van der Waals surface area contributed by atoms with Crippen molar-refractivity contribution in [3.8, 4) is 0 Å². The zero-order valence-corrected chi connectivity index (χ0v) is 7.10. The number of halogens is 3. The number of alkyl halides is 3. The number of hydrogen-bond donors (Lipinski definition) is 1. The van der Waals surface area contributed by atoms with Crippen molar-refractivity contribution in [2.75, 3.05) is 13.6 Å². The summed E-state index contributed by atoms with van der Waals surface area (Å²) in [7, 11) is 1.68. The number of nitrogens with one attached hydrogen (secondary N) is 1. The molecule has 0 aliphatic heterocycles. The van der Waals surface area contributed by atoms with Gasteiger partial charge in [0.25, 0.3) is 0 Å². The Bertz CT molecular complexity index is 266.